The van der Waals surface area contributed by atoms with Crippen LogP contribution in [0, 0.1) is 12.7 Å². The molecule has 0 aliphatic carbocycles. The minimum Gasteiger partial charge on any atom is -0.419 e. The standard InChI is InChI=1S/C20H21FN2O3S/c1-4-14(3)22-19-20(27(24,25)17-10-8-16(21)9-11-17)23-18(26-19)15-7-5-6-13(2)12-15/h5-12,14,22H,4H2,1-3H3. The number of anilines is 1. The van der Waals surface area contributed by atoms with Crippen molar-refractivity contribution in [1.82, 2.24) is 4.98 Å². The van der Waals surface area contributed by atoms with E-state index in [0.717, 1.165) is 24.1 Å². The van der Waals surface area contributed by atoms with Crippen molar-refractivity contribution >= 4 is 15.7 Å². The second-order valence-electron chi connectivity index (χ2n) is 6.43. The van der Waals surface area contributed by atoms with E-state index in [9.17, 15) is 12.8 Å². The fraction of sp³-hybridized carbons (Fsp3) is 0.250. The molecule has 0 spiro atoms. The van der Waals surface area contributed by atoms with Gasteiger partial charge in [0.25, 0.3) is 0 Å². The third-order valence-electron chi connectivity index (χ3n) is 4.23. The second-order valence-corrected chi connectivity index (χ2v) is 8.30. The number of rotatable bonds is 6. The summed E-state index contributed by atoms with van der Waals surface area (Å²) in [5.41, 5.74) is 1.69. The Hall–Kier alpha value is -2.67. The van der Waals surface area contributed by atoms with Crippen LogP contribution in [-0.2, 0) is 9.84 Å². The first kappa shape index (κ1) is 19.1. The monoisotopic (exact) mass is 388 g/mol. The maximum Gasteiger partial charge on any atom is 0.234 e. The van der Waals surface area contributed by atoms with Crippen molar-refractivity contribution in [2.45, 2.75) is 43.2 Å². The van der Waals surface area contributed by atoms with Crippen molar-refractivity contribution in [3.8, 4) is 11.5 Å². The van der Waals surface area contributed by atoms with Gasteiger partial charge in [-0.05, 0) is 56.7 Å². The molecule has 3 aromatic rings. The lowest BCUT2D eigenvalue weighted by atomic mass is 10.1. The molecule has 3 rings (SSSR count). The number of oxazole rings is 1. The van der Waals surface area contributed by atoms with Gasteiger partial charge in [0, 0.05) is 11.6 Å². The van der Waals surface area contributed by atoms with Crippen molar-refractivity contribution in [3.05, 3.63) is 59.9 Å². The molecule has 0 bridgehead atoms. The first-order chi connectivity index (χ1) is 12.8. The number of halogens is 1. The van der Waals surface area contributed by atoms with Gasteiger partial charge in [-0.1, -0.05) is 24.6 Å². The van der Waals surface area contributed by atoms with Crippen LogP contribution in [0.4, 0.5) is 10.3 Å². The summed E-state index contributed by atoms with van der Waals surface area (Å²) in [6, 6.07) is 12.1. The molecular weight excluding hydrogens is 367 g/mol. The maximum absolute atomic E-state index is 13.2. The number of nitrogens with one attached hydrogen (secondary N) is 1. The number of hydrogen-bond acceptors (Lipinski definition) is 5. The van der Waals surface area contributed by atoms with Gasteiger partial charge in [0.1, 0.15) is 5.82 Å². The lowest BCUT2D eigenvalue weighted by Crippen LogP contribution is -2.15. The summed E-state index contributed by atoms with van der Waals surface area (Å²) in [4.78, 5) is 4.23. The van der Waals surface area contributed by atoms with Gasteiger partial charge in [0.2, 0.25) is 26.6 Å². The Morgan fingerprint density at radius 1 is 1.19 bits per heavy atom. The summed E-state index contributed by atoms with van der Waals surface area (Å²) in [5, 5.41) is 2.87. The summed E-state index contributed by atoms with van der Waals surface area (Å²) in [6.07, 6.45) is 0.774. The molecule has 5 nitrogen and oxygen atoms in total. The van der Waals surface area contributed by atoms with E-state index >= 15 is 0 Å². The van der Waals surface area contributed by atoms with Crippen molar-refractivity contribution in [2.75, 3.05) is 5.32 Å². The van der Waals surface area contributed by atoms with Crippen LogP contribution < -0.4 is 5.32 Å². The van der Waals surface area contributed by atoms with Gasteiger partial charge in [-0.2, -0.15) is 4.98 Å². The molecule has 1 heterocycles. The molecule has 0 aliphatic rings. The van der Waals surface area contributed by atoms with Crippen LogP contribution in [0.2, 0.25) is 0 Å². The topological polar surface area (TPSA) is 72.2 Å². The Morgan fingerprint density at radius 3 is 2.52 bits per heavy atom. The Morgan fingerprint density at radius 2 is 1.89 bits per heavy atom. The number of aryl methyl sites for hydroxylation is 1. The highest BCUT2D eigenvalue weighted by molar-refractivity contribution is 7.91. The molecule has 0 aliphatic heterocycles. The maximum atomic E-state index is 13.2. The normalized spacial score (nSPS) is 12.7. The molecule has 0 fully saturated rings. The highest BCUT2D eigenvalue weighted by atomic mass is 32.2. The molecule has 1 N–H and O–H groups in total. The molecule has 0 saturated heterocycles. The summed E-state index contributed by atoms with van der Waals surface area (Å²) in [5.74, 6) is -0.206. The molecule has 2 aromatic carbocycles. The second kappa shape index (κ2) is 7.52. The Balaban J connectivity index is 2.13. The highest BCUT2D eigenvalue weighted by Crippen LogP contribution is 2.33. The van der Waals surface area contributed by atoms with Crippen LogP contribution in [0.1, 0.15) is 25.8 Å². The predicted octanol–water partition coefficient (Wildman–Crippen LogP) is 4.83. The summed E-state index contributed by atoms with van der Waals surface area (Å²) < 4.78 is 45.1. The van der Waals surface area contributed by atoms with Crippen molar-refractivity contribution < 1.29 is 17.2 Å². The fourth-order valence-electron chi connectivity index (χ4n) is 2.53. The molecule has 142 valence electrons. The number of sulfone groups is 1. The lowest BCUT2D eigenvalue weighted by molar-refractivity contribution is 0.566. The zero-order valence-corrected chi connectivity index (χ0v) is 16.2. The van der Waals surface area contributed by atoms with Crippen molar-refractivity contribution in [2.24, 2.45) is 0 Å². The first-order valence-corrected chi connectivity index (χ1v) is 10.1. The van der Waals surface area contributed by atoms with E-state index in [2.05, 4.69) is 10.3 Å². The summed E-state index contributed by atoms with van der Waals surface area (Å²) in [7, 11) is -3.97. The van der Waals surface area contributed by atoms with E-state index in [1.807, 2.05) is 39.0 Å². The number of benzene rings is 2. The quantitative estimate of drug-likeness (QED) is 0.612. The van der Waals surface area contributed by atoms with Crippen molar-refractivity contribution in [1.29, 1.82) is 0 Å². The predicted molar refractivity (Wildman–Crippen MR) is 102 cm³/mol. The molecule has 0 amide bonds. The Labute approximate surface area is 158 Å². The van der Waals surface area contributed by atoms with E-state index in [4.69, 9.17) is 4.42 Å². The SMILES string of the molecule is CCC(C)Nc1oc(-c2cccc(C)c2)nc1S(=O)(=O)c1ccc(F)cc1. The van der Waals surface area contributed by atoms with Crippen LogP contribution in [0.5, 0.6) is 0 Å². The van der Waals surface area contributed by atoms with Crippen LogP contribution in [0.25, 0.3) is 11.5 Å². The largest absolute Gasteiger partial charge is 0.419 e. The third-order valence-corrected chi connectivity index (χ3v) is 5.91. The smallest absolute Gasteiger partial charge is 0.234 e. The van der Waals surface area contributed by atoms with Gasteiger partial charge in [-0.25, -0.2) is 12.8 Å². The molecule has 0 radical (unpaired) electrons. The Kier molecular flexibility index (Phi) is 5.32. The van der Waals surface area contributed by atoms with Gasteiger partial charge in [-0.3, -0.25) is 0 Å². The van der Waals surface area contributed by atoms with Crippen LogP contribution >= 0.6 is 0 Å². The van der Waals surface area contributed by atoms with Crippen LogP contribution in [0.3, 0.4) is 0 Å². The molecule has 27 heavy (non-hydrogen) atoms. The van der Waals surface area contributed by atoms with Gasteiger partial charge in [0.05, 0.1) is 4.90 Å². The average molecular weight is 388 g/mol. The van der Waals surface area contributed by atoms with E-state index in [0.29, 0.717) is 5.56 Å². The highest BCUT2D eigenvalue weighted by Gasteiger charge is 2.29. The molecule has 7 heteroatoms. The van der Waals surface area contributed by atoms with Gasteiger partial charge in [0.15, 0.2) is 0 Å². The molecule has 1 aromatic heterocycles. The van der Waals surface area contributed by atoms with E-state index < -0.39 is 15.7 Å². The summed E-state index contributed by atoms with van der Waals surface area (Å²) in [6.45, 7) is 5.83. The lowest BCUT2D eigenvalue weighted by Gasteiger charge is -2.11. The number of hydrogen-bond donors (Lipinski definition) is 1. The van der Waals surface area contributed by atoms with E-state index in [-0.39, 0.29) is 27.7 Å². The zero-order valence-electron chi connectivity index (χ0n) is 15.4. The molecular formula is C20H21FN2O3S. The first-order valence-electron chi connectivity index (χ1n) is 8.66. The van der Waals surface area contributed by atoms with Crippen LogP contribution in [0.15, 0.2) is 62.9 Å². The fourth-order valence-corrected chi connectivity index (χ4v) is 3.80. The van der Waals surface area contributed by atoms with Gasteiger partial charge in [-0.15, -0.1) is 0 Å². The minimum atomic E-state index is -3.97. The minimum absolute atomic E-state index is 0.00882. The zero-order chi connectivity index (χ0) is 19.6. The average Bonchev–Trinajstić information content (AvgIpc) is 3.06. The molecule has 1 atom stereocenters. The molecule has 1 unspecified atom stereocenters. The summed E-state index contributed by atoms with van der Waals surface area (Å²) >= 11 is 0. The Bertz CT molecular complexity index is 1040. The van der Waals surface area contributed by atoms with Gasteiger partial charge >= 0.3 is 0 Å². The van der Waals surface area contributed by atoms with Crippen molar-refractivity contribution in [3.63, 3.8) is 0 Å². The van der Waals surface area contributed by atoms with E-state index in [1.54, 1.807) is 6.07 Å². The van der Waals surface area contributed by atoms with E-state index in [1.165, 1.54) is 12.1 Å². The van der Waals surface area contributed by atoms with Crippen LogP contribution in [-0.4, -0.2) is 19.4 Å². The molecule has 0 saturated carbocycles. The third kappa shape index (κ3) is 4.03. The number of nitrogens with zero attached hydrogens (tertiary/aromatic N) is 1. The van der Waals surface area contributed by atoms with Gasteiger partial charge < -0.3 is 9.73 Å². The number of aromatic nitrogens is 1.